The summed E-state index contributed by atoms with van der Waals surface area (Å²) in [5.41, 5.74) is 13.7. The number of benzene rings is 2. The Labute approximate surface area is 229 Å². The highest BCUT2D eigenvalue weighted by Gasteiger charge is 2.44. The zero-order chi connectivity index (χ0) is 28.4. The van der Waals surface area contributed by atoms with Gasteiger partial charge in [-0.05, 0) is 85.2 Å². The highest BCUT2D eigenvalue weighted by atomic mass is 16.2. The Morgan fingerprint density at radius 3 is 2.23 bits per heavy atom. The fourth-order valence-electron chi connectivity index (χ4n) is 6.04. The SMILES string of the molecule is N#C[C@@H]1CCCN1C(=O)CNCCC1(c2n[nH]c(=O)[nH]2)c2ccc(C(N)=O)cc2CCc2cc(C(N)=O)ccc21. The van der Waals surface area contributed by atoms with Crippen LogP contribution in [0.5, 0.6) is 0 Å². The number of rotatable bonds is 8. The van der Waals surface area contributed by atoms with Crippen LogP contribution in [0.15, 0.2) is 41.2 Å². The summed E-state index contributed by atoms with van der Waals surface area (Å²) in [6.45, 7) is 0.953. The Bertz CT molecular complexity index is 1520. The first-order valence-corrected chi connectivity index (χ1v) is 13.2. The molecule has 3 aromatic rings. The standard InChI is InChI=1S/C28H30N8O4/c29-14-20-2-1-11-36(20)23(37)15-32-10-9-28(26-33-27(40)35-34-26)21-7-5-18(24(30)38)12-16(21)3-4-17-13-19(25(31)39)6-8-22(17)28/h5-8,12-13,20,32H,1-4,9-11,15H2,(H2,30,38)(H2,31,39)(H2,33,34,35,40)/t20-/m0/s1. The third-order valence-electron chi connectivity index (χ3n) is 7.94. The average Bonchev–Trinajstić information content (AvgIpc) is 3.58. The number of H-pyrrole nitrogens is 2. The Hall–Kier alpha value is -4.76. The van der Waals surface area contributed by atoms with Crippen LogP contribution in [-0.2, 0) is 23.1 Å². The number of carbonyl (C=O) groups is 3. The Balaban J connectivity index is 1.58. The van der Waals surface area contributed by atoms with Gasteiger partial charge in [-0.1, -0.05) is 12.1 Å². The zero-order valence-electron chi connectivity index (χ0n) is 21.8. The lowest BCUT2D eigenvalue weighted by Gasteiger charge is -2.35. The van der Waals surface area contributed by atoms with E-state index in [0.717, 1.165) is 28.7 Å². The molecule has 0 unspecified atom stereocenters. The molecule has 0 spiro atoms. The molecule has 7 N–H and O–H groups in total. The van der Waals surface area contributed by atoms with Gasteiger partial charge in [0.1, 0.15) is 11.9 Å². The summed E-state index contributed by atoms with van der Waals surface area (Å²) in [7, 11) is 0. The maximum absolute atomic E-state index is 12.8. The minimum absolute atomic E-state index is 0.0479. The minimum Gasteiger partial charge on any atom is -0.366 e. The van der Waals surface area contributed by atoms with Gasteiger partial charge in [0.15, 0.2) is 0 Å². The fraction of sp³-hybridized carbons (Fsp3) is 0.357. The number of hydrogen-bond donors (Lipinski definition) is 5. The van der Waals surface area contributed by atoms with Gasteiger partial charge in [0.25, 0.3) is 0 Å². The number of aromatic nitrogens is 3. The molecule has 1 fully saturated rings. The van der Waals surface area contributed by atoms with Gasteiger partial charge in [-0.15, -0.1) is 0 Å². The van der Waals surface area contributed by atoms with Gasteiger partial charge in [-0.3, -0.25) is 19.4 Å². The van der Waals surface area contributed by atoms with Crippen LogP contribution in [0.1, 0.15) is 68.1 Å². The third-order valence-corrected chi connectivity index (χ3v) is 7.94. The fourth-order valence-corrected chi connectivity index (χ4v) is 6.04. The number of hydrogen-bond acceptors (Lipinski definition) is 7. The zero-order valence-corrected chi connectivity index (χ0v) is 21.8. The van der Waals surface area contributed by atoms with Gasteiger partial charge in [0, 0.05) is 17.7 Å². The summed E-state index contributed by atoms with van der Waals surface area (Å²) >= 11 is 0. The highest BCUT2D eigenvalue weighted by molar-refractivity contribution is 5.94. The molecular weight excluding hydrogens is 512 g/mol. The van der Waals surface area contributed by atoms with Gasteiger partial charge in [-0.2, -0.15) is 10.4 Å². The van der Waals surface area contributed by atoms with Crippen LogP contribution >= 0.6 is 0 Å². The molecular formula is C28H30N8O4. The number of amides is 3. The highest BCUT2D eigenvalue weighted by Crippen LogP contribution is 2.46. The van der Waals surface area contributed by atoms with E-state index in [4.69, 9.17) is 11.5 Å². The van der Waals surface area contributed by atoms with Crippen LogP contribution in [0.4, 0.5) is 0 Å². The maximum atomic E-state index is 12.8. The molecule has 5 rings (SSSR count). The predicted molar refractivity (Wildman–Crippen MR) is 144 cm³/mol. The van der Waals surface area contributed by atoms with Crippen molar-refractivity contribution in [1.29, 1.82) is 5.26 Å². The lowest BCUT2D eigenvalue weighted by molar-refractivity contribution is -0.130. The van der Waals surface area contributed by atoms with E-state index in [-0.39, 0.29) is 12.5 Å². The summed E-state index contributed by atoms with van der Waals surface area (Å²) in [5, 5.41) is 19.4. The van der Waals surface area contributed by atoms with Crippen molar-refractivity contribution in [3.63, 3.8) is 0 Å². The van der Waals surface area contributed by atoms with E-state index in [1.165, 1.54) is 0 Å². The van der Waals surface area contributed by atoms with Crippen molar-refractivity contribution >= 4 is 17.7 Å². The lowest BCUT2D eigenvalue weighted by atomic mass is 9.69. The van der Waals surface area contributed by atoms with Crippen molar-refractivity contribution < 1.29 is 14.4 Å². The predicted octanol–water partition coefficient (Wildman–Crippen LogP) is 0.223. The molecule has 206 valence electrons. The Kier molecular flexibility index (Phi) is 7.23. The largest absolute Gasteiger partial charge is 0.366 e. The Morgan fingerprint density at radius 1 is 1.07 bits per heavy atom. The maximum Gasteiger partial charge on any atom is 0.340 e. The topological polar surface area (TPSA) is 204 Å². The molecule has 1 atom stereocenters. The lowest BCUT2D eigenvalue weighted by Crippen LogP contribution is -2.42. The van der Waals surface area contributed by atoms with Gasteiger partial charge < -0.3 is 21.7 Å². The van der Waals surface area contributed by atoms with E-state index >= 15 is 0 Å². The van der Waals surface area contributed by atoms with Gasteiger partial charge >= 0.3 is 5.69 Å². The van der Waals surface area contributed by atoms with Gasteiger partial charge in [0.2, 0.25) is 17.7 Å². The number of aromatic amines is 2. The van der Waals surface area contributed by atoms with Crippen molar-refractivity contribution in [3.8, 4) is 6.07 Å². The summed E-state index contributed by atoms with van der Waals surface area (Å²) in [5.74, 6) is -0.905. The van der Waals surface area contributed by atoms with Crippen molar-refractivity contribution in [2.24, 2.45) is 11.5 Å². The molecule has 3 amide bonds. The summed E-state index contributed by atoms with van der Waals surface area (Å²) < 4.78 is 0. The van der Waals surface area contributed by atoms with E-state index in [1.54, 1.807) is 29.2 Å². The van der Waals surface area contributed by atoms with Crippen molar-refractivity contribution in [1.82, 2.24) is 25.4 Å². The third kappa shape index (κ3) is 4.76. The molecule has 1 aromatic heterocycles. The van der Waals surface area contributed by atoms with Crippen LogP contribution < -0.4 is 22.5 Å². The van der Waals surface area contributed by atoms with Crippen LogP contribution in [0.25, 0.3) is 0 Å². The molecule has 1 saturated heterocycles. The molecule has 2 aliphatic rings. The number of nitrogens with two attached hydrogens (primary N) is 2. The molecule has 2 heterocycles. The first-order valence-electron chi connectivity index (χ1n) is 13.2. The van der Waals surface area contributed by atoms with E-state index in [1.807, 2.05) is 12.1 Å². The minimum atomic E-state index is -1.01. The molecule has 40 heavy (non-hydrogen) atoms. The molecule has 1 aliphatic carbocycles. The molecule has 2 aromatic carbocycles. The van der Waals surface area contributed by atoms with Gasteiger partial charge in [0.05, 0.1) is 18.0 Å². The number of likely N-dealkylation sites (tertiary alicyclic amines) is 1. The van der Waals surface area contributed by atoms with Gasteiger partial charge in [-0.25, -0.2) is 9.89 Å². The first kappa shape index (κ1) is 26.8. The quantitative estimate of drug-likeness (QED) is 0.250. The van der Waals surface area contributed by atoms with Crippen molar-refractivity contribution in [2.75, 3.05) is 19.6 Å². The van der Waals surface area contributed by atoms with Crippen LogP contribution in [0, 0.1) is 11.3 Å². The van der Waals surface area contributed by atoms with E-state index in [2.05, 4.69) is 26.6 Å². The van der Waals surface area contributed by atoms with E-state index in [0.29, 0.717) is 55.7 Å². The summed E-state index contributed by atoms with van der Waals surface area (Å²) in [6.07, 6.45) is 2.92. The molecule has 0 radical (unpaired) electrons. The molecule has 0 bridgehead atoms. The smallest absolute Gasteiger partial charge is 0.340 e. The Morgan fingerprint density at radius 2 is 1.70 bits per heavy atom. The van der Waals surface area contributed by atoms with Crippen LogP contribution in [0.2, 0.25) is 0 Å². The number of carbonyl (C=O) groups excluding carboxylic acids is 3. The van der Waals surface area contributed by atoms with E-state index in [9.17, 15) is 24.4 Å². The average molecular weight is 543 g/mol. The molecule has 1 aliphatic heterocycles. The monoisotopic (exact) mass is 542 g/mol. The van der Waals surface area contributed by atoms with Crippen molar-refractivity contribution in [2.45, 2.75) is 43.6 Å². The van der Waals surface area contributed by atoms with E-state index < -0.39 is 29.0 Å². The summed E-state index contributed by atoms with van der Waals surface area (Å²) in [4.78, 5) is 53.6. The second-order valence-electron chi connectivity index (χ2n) is 10.2. The number of aryl methyl sites for hydroxylation is 2. The normalized spacial score (nSPS) is 17.4. The van der Waals surface area contributed by atoms with Crippen LogP contribution in [0.3, 0.4) is 0 Å². The number of nitrogens with zero attached hydrogens (tertiary/aromatic N) is 3. The number of nitrogens with one attached hydrogen (secondary N) is 3. The van der Waals surface area contributed by atoms with Crippen molar-refractivity contribution in [3.05, 3.63) is 86.1 Å². The second kappa shape index (κ2) is 10.8. The molecule has 12 nitrogen and oxygen atoms in total. The first-order chi connectivity index (χ1) is 19.2. The van der Waals surface area contributed by atoms with Crippen LogP contribution in [-0.4, -0.2) is 63.5 Å². The number of fused-ring (bicyclic) bond motifs is 2. The number of primary amides is 2. The summed E-state index contributed by atoms with van der Waals surface area (Å²) in [6, 6.07) is 12.2. The second-order valence-corrected chi connectivity index (χ2v) is 10.2. The number of nitriles is 1. The molecule has 12 heteroatoms. The molecule has 0 saturated carbocycles.